The van der Waals surface area contributed by atoms with E-state index in [4.69, 9.17) is 4.98 Å². The molecule has 3 aromatic rings. The first-order valence-electron chi connectivity index (χ1n) is 12.8. The number of carbonyl (C=O) groups excluding carboxylic acids is 1. The molecule has 1 heterocycles. The van der Waals surface area contributed by atoms with Gasteiger partial charge in [0.15, 0.2) is 0 Å². The second-order valence-corrected chi connectivity index (χ2v) is 9.52. The molecule has 0 unspecified atom stereocenters. The van der Waals surface area contributed by atoms with Crippen molar-refractivity contribution in [2.24, 2.45) is 0 Å². The fourth-order valence-corrected chi connectivity index (χ4v) is 4.84. The molecular weight excluding hydrogens is 471 g/mol. The van der Waals surface area contributed by atoms with Crippen LogP contribution in [0.15, 0.2) is 54.6 Å². The molecule has 0 spiro atoms. The highest BCUT2D eigenvalue weighted by Crippen LogP contribution is 2.32. The molecule has 4 rings (SSSR count). The van der Waals surface area contributed by atoms with Gasteiger partial charge in [0, 0.05) is 35.6 Å². The van der Waals surface area contributed by atoms with Crippen molar-refractivity contribution < 1.29 is 19.1 Å². The largest absolute Gasteiger partial charge is 0.478 e. The van der Waals surface area contributed by atoms with Crippen molar-refractivity contribution >= 4 is 29.2 Å². The lowest BCUT2D eigenvalue weighted by Gasteiger charge is -2.35. The number of carboxylic acid groups (broad SMARTS) is 1. The molecule has 37 heavy (non-hydrogen) atoms. The maximum atomic E-state index is 14.2. The molecule has 0 atom stereocenters. The van der Waals surface area contributed by atoms with Crippen LogP contribution in [0.25, 0.3) is 11.3 Å². The summed E-state index contributed by atoms with van der Waals surface area (Å²) in [6.07, 6.45) is 6.48. The first-order valence-corrected chi connectivity index (χ1v) is 12.8. The number of carbonyl (C=O) groups is 2. The molecule has 1 saturated carbocycles. The van der Waals surface area contributed by atoms with Crippen LogP contribution in [0.5, 0.6) is 0 Å². The number of urea groups is 1. The molecule has 3 N–H and O–H groups in total. The van der Waals surface area contributed by atoms with Gasteiger partial charge in [0.25, 0.3) is 0 Å². The Morgan fingerprint density at radius 2 is 1.70 bits per heavy atom. The van der Waals surface area contributed by atoms with Gasteiger partial charge in [0.2, 0.25) is 0 Å². The van der Waals surface area contributed by atoms with Crippen molar-refractivity contribution in [2.75, 3.05) is 22.1 Å². The zero-order chi connectivity index (χ0) is 26.4. The van der Waals surface area contributed by atoms with E-state index in [1.807, 2.05) is 37.3 Å². The molecule has 2 aromatic carbocycles. The first kappa shape index (κ1) is 26.1. The van der Waals surface area contributed by atoms with Crippen LogP contribution in [0.2, 0.25) is 0 Å². The molecule has 0 bridgehead atoms. The van der Waals surface area contributed by atoms with Crippen LogP contribution < -0.4 is 15.5 Å². The van der Waals surface area contributed by atoms with Gasteiger partial charge < -0.3 is 20.6 Å². The summed E-state index contributed by atoms with van der Waals surface area (Å²) in [4.78, 5) is 31.8. The minimum Gasteiger partial charge on any atom is -0.478 e. The lowest BCUT2D eigenvalue weighted by atomic mass is 9.94. The summed E-state index contributed by atoms with van der Waals surface area (Å²) in [6, 6.07) is 14.2. The maximum absolute atomic E-state index is 14.2. The molecule has 194 valence electrons. The number of anilines is 3. The van der Waals surface area contributed by atoms with Gasteiger partial charge >= 0.3 is 12.0 Å². The Labute approximate surface area is 216 Å². The standard InChI is InChI=1S/C29H33FN4O3/c1-3-15-34(23-7-5-4-6-8-23)27-18-22(32-29(37)31-21-12-9-19(2)10-13-21)17-26(33-27)25-16-20(30)11-14-24(25)28(35)36/h9-14,16-18,23H,3-8,15H2,1-2H3,(H,35,36)(H2,31,32,33,37). The van der Waals surface area contributed by atoms with Crippen molar-refractivity contribution in [3.05, 3.63) is 71.5 Å². The van der Waals surface area contributed by atoms with E-state index in [0.29, 0.717) is 23.2 Å². The van der Waals surface area contributed by atoms with E-state index in [0.717, 1.165) is 50.3 Å². The minimum absolute atomic E-state index is 0.0548. The second-order valence-electron chi connectivity index (χ2n) is 9.52. The van der Waals surface area contributed by atoms with Crippen LogP contribution in [-0.2, 0) is 0 Å². The molecule has 0 saturated heterocycles. The van der Waals surface area contributed by atoms with E-state index >= 15 is 0 Å². The fraction of sp³-hybridized carbons (Fsp3) is 0.345. The molecule has 1 fully saturated rings. The zero-order valence-corrected chi connectivity index (χ0v) is 21.3. The molecule has 8 heteroatoms. The Hall–Kier alpha value is -3.94. The number of hydrogen-bond donors (Lipinski definition) is 3. The predicted molar refractivity (Wildman–Crippen MR) is 145 cm³/mol. The van der Waals surface area contributed by atoms with Crippen molar-refractivity contribution in [1.29, 1.82) is 0 Å². The smallest absolute Gasteiger partial charge is 0.336 e. The number of aromatic nitrogens is 1. The normalized spacial score (nSPS) is 13.7. The second kappa shape index (κ2) is 11.9. The van der Waals surface area contributed by atoms with Gasteiger partial charge in [-0.25, -0.2) is 19.0 Å². The minimum atomic E-state index is -1.17. The molecule has 1 aromatic heterocycles. The van der Waals surface area contributed by atoms with Crippen molar-refractivity contribution in [1.82, 2.24) is 4.98 Å². The van der Waals surface area contributed by atoms with Gasteiger partial charge in [0.05, 0.1) is 11.3 Å². The van der Waals surface area contributed by atoms with E-state index in [9.17, 15) is 19.1 Å². The van der Waals surface area contributed by atoms with Gasteiger partial charge in [-0.05, 0) is 62.6 Å². The third-order valence-corrected chi connectivity index (χ3v) is 6.64. The number of halogens is 1. The third kappa shape index (κ3) is 6.64. The highest BCUT2D eigenvalue weighted by atomic mass is 19.1. The van der Waals surface area contributed by atoms with E-state index in [1.54, 1.807) is 6.07 Å². The monoisotopic (exact) mass is 504 g/mol. The summed E-state index contributed by atoms with van der Waals surface area (Å²) in [5, 5.41) is 15.4. The number of nitrogens with one attached hydrogen (secondary N) is 2. The fourth-order valence-electron chi connectivity index (χ4n) is 4.84. The quantitative estimate of drug-likeness (QED) is 0.304. The first-order chi connectivity index (χ1) is 17.8. The average Bonchev–Trinajstić information content (AvgIpc) is 2.88. The number of hydrogen-bond acceptors (Lipinski definition) is 4. The van der Waals surface area contributed by atoms with Crippen molar-refractivity contribution in [3.8, 4) is 11.3 Å². The average molecular weight is 505 g/mol. The van der Waals surface area contributed by atoms with Crippen LogP contribution >= 0.6 is 0 Å². The lowest BCUT2D eigenvalue weighted by Crippen LogP contribution is -2.38. The van der Waals surface area contributed by atoms with Gasteiger partial charge in [-0.1, -0.05) is 43.9 Å². The van der Waals surface area contributed by atoms with Gasteiger partial charge in [-0.2, -0.15) is 0 Å². The highest BCUT2D eigenvalue weighted by Gasteiger charge is 2.24. The number of pyridine rings is 1. The van der Waals surface area contributed by atoms with Crippen LogP contribution in [0.3, 0.4) is 0 Å². The Kier molecular flexibility index (Phi) is 8.38. The molecule has 0 aliphatic heterocycles. The van der Waals surface area contributed by atoms with Crippen molar-refractivity contribution in [3.63, 3.8) is 0 Å². The SMILES string of the molecule is CCCN(c1cc(NC(=O)Nc2ccc(C)cc2)cc(-c2cc(F)ccc2C(=O)O)n1)C1CCCCC1. The molecule has 7 nitrogen and oxygen atoms in total. The van der Waals surface area contributed by atoms with E-state index < -0.39 is 17.8 Å². The third-order valence-electron chi connectivity index (χ3n) is 6.64. The number of aromatic carboxylic acids is 1. The molecule has 1 aliphatic rings. The summed E-state index contributed by atoms with van der Waals surface area (Å²) in [7, 11) is 0. The summed E-state index contributed by atoms with van der Waals surface area (Å²) < 4.78 is 14.2. The number of benzene rings is 2. The van der Waals surface area contributed by atoms with E-state index in [-0.39, 0.29) is 16.8 Å². The molecule has 0 radical (unpaired) electrons. The zero-order valence-electron chi connectivity index (χ0n) is 21.3. The maximum Gasteiger partial charge on any atom is 0.336 e. The summed E-state index contributed by atoms with van der Waals surface area (Å²) in [5.41, 5.74) is 2.57. The van der Waals surface area contributed by atoms with Gasteiger partial charge in [-0.3, -0.25) is 0 Å². The number of amides is 2. The molecule has 2 amide bonds. The van der Waals surface area contributed by atoms with Gasteiger partial charge in [-0.15, -0.1) is 0 Å². The number of nitrogens with zero attached hydrogens (tertiary/aromatic N) is 2. The Morgan fingerprint density at radius 3 is 2.38 bits per heavy atom. The number of carboxylic acids is 1. The van der Waals surface area contributed by atoms with Crippen LogP contribution in [-0.4, -0.2) is 34.7 Å². The van der Waals surface area contributed by atoms with Gasteiger partial charge in [0.1, 0.15) is 11.6 Å². The van der Waals surface area contributed by atoms with Crippen LogP contribution in [0, 0.1) is 12.7 Å². The van der Waals surface area contributed by atoms with Crippen LogP contribution in [0.4, 0.5) is 26.4 Å². The van der Waals surface area contributed by atoms with Crippen LogP contribution in [0.1, 0.15) is 61.4 Å². The highest BCUT2D eigenvalue weighted by molar-refractivity contribution is 6.01. The summed E-state index contributed by atoms with van der Waals surface area (Å²) >= 11 is 0. The van der Waals surface area contributed by atoms with E-state index in [1.165, 1.54) is 18.6 Å². The Morgan fingerprint density at radius 1 is 1.00 bits per heavy atom. The predicted octanol–water partition coefficient (Wildman–Crippen LogP) is 7.09. The summed E-state index contributed by atoms with van der Waals surface area (Å²) in [5.74, 6) is -1.10. The Bertz CT molecular complexity index is 1260. The number of aryl methyl sites for hydroxylation is 1. The summed E-state index contributed by atoms with van der Waals surface area (Å²) in [6.45, 7) is 4.84. The Balaban J connectivity index is 1.74. The molecule has 1 aliphatic carbocycles. The lowest BCUT2D eigenvalue weighted by molar-refractivity contribution is 0.0697. The van der Waals surface area contributed by atoms with E-state index in [2.05, 4.69) is 22.5 Å². The number of rotatable bonds is 8. The topological polar surface area (TPSA) is 94.6 Å². The van der Waals surface area contributed by atoms with Crippen molar-refractivity contribution in [2.45, 2.75) is 58.4 Å². The molecular formula is C29H33FN4O3.